The number of ether oxygens (including phenoxy) is 1. The first-order valence-electron chi connectivity index (χ1n) is 5.37. The van der Waals surface area contributed by atoms with E-state index in [0.29, 0.717) is 13.0 Å². The minimum Gasteiger partial charge on any atom is -0.374 e. The summed E-state index contributed by atoms with van der Waals surface area (Å²) in [4.78, 5) is 15.2. The van der Waals surface area contributed by atoms with Gasteiger partial charge >= 0.3 is 0 Å². The molecule has 1 aliphatic rings. The van der Waals surface area contributed by atoms with Crippen molar-refractivity contribution in [3.05, 3.63) is 0 Å². The van der Waals surface area contributed by atoms with Crippen molar-refractivity contribution in [1.29, 1.82) is 0 Å². The van der Waals surface area contributed by atoms with Crippen LogP contribution in [0.5, 0.6) is 0 Å². The predicted octanol–water partition coefficient (Wildman–Crippen LogP) is -0.876. The van der Waals surface area contributed by atoms with Gasteiger partial charge in [0.25, 0.3) is 0 Å². The Morgan fingerprint density at radius 2 is 2.33 bits per heavy atom. The summed E-state index contributed by atoms with van der Waals surface area (Å²) in [7, 11) is 3.56. The van der Waals surface area contributed by atoms with E-state index >= 15 is 0 Å². The molecule has 1 heterocycles. The van der Waals surface area contributed by atoms with Crippen LogP contribution in [-0.4, -0.2) is 68.7 Å². The van der Waals surface area contributed by atoms with Gasteiger partial charge in [0, 0.05) is 46.7 Å². The van der Waals surface area contributed by atoms with Crippen LogP contribution in [0, 0.1) is 0 Å². The van der Waals surface area contributed by atoms with Crippen LogP contribution in [0.1, 0.15) is 6.42 Å². The Morgan fingerprint density at radius 3 is 2.93 bits per heavy atom. The fraction of sp³-hybridized carbons (Fsp3) is 0.900. The van der Waals surface area contributed by atoms with Crippen molar-refractivity contribution in [1.82, 2.24) is 9.80 Å². The Hall–Kier alpha value is -0.650. The summed E-state index contributed by atoms with van der Waals surface area (Å²) in [5.41, 5.74) is 5.54. The Kier molecular flexibility index (Phi) is 5.01. The van der Waals surface area contributed by atoms with Crippen molar-refractivity contribution in [3.63, 3.8) is 0 Å². The molecule has 5 nitrogen and oxygen atoms in total. The van der Waals surface area contributed by atoms with Gasteiger partial charge in [-0.2, -0.15) is 0 Å². The van der Waals surface area contributed by atoms with E-state index in [4.69, 9.17) is 10.5 Å². The van der Waals surface area contributed by atoms with E-state index in [0.717, 1.165) is 26.2 Å². The quantitative estimate of drug-likeness (QED) is 0.662. The maximum atomic E-state index is 11.4. The summed E-state index contributed by atoms with van der Waals surface area (Å²) in [5, 5.41) is 0. The van der Waals surface area contributed by atoms with Gasteiger partial charge in [0.05, 0.1) is 12.7 Å². The highest BCUT2D eigenvalue weighted by molar-refractivity contribution is 5.75. The van der Waals surface area contributed by atoms with Crippen LogP contribution < -0.4 is 5.73 Å². The van der Waals surface area contributed by atoms with Crippen LogP contribution in [0.3, 0.4) is 0 Å². The van der Waals surface area contributed by atoms with Gasteiger partial charge in [0.1, 0.15) is 0 Å². The molecule has 0 bridgehead atoms. The molecule has 0 spiro atoms. The number of morpholine rings is 1. The molecule has 0 radical (unpaired) electrons. The van der Waals surface area contributed by atoms with E-state index in [1.807, 2.05) is 0 Å². The van der Waals surface area contributed by atoms with Gasteiger partial charge in [-0.25, -0.2) is 0 Å². The highest BCUT2D eigenvalue weighted by Crippen LogP contribution is 2.04. The highest BCUT2D eigenvalue weighted by Gasteiger charge is 2.19. The molecule has 1 atom stereocenters. The second kappa shape index (κ2) is 6.05. The molecular formula is C10H21N3O2. The lowest BCUT2D eigenvalue weighted by Crippen LogP contribution is -2.46. The standard InChI is InChI=1S/C10H21N3O2/c1-12(2)10(14)3-4-13-5-6-15-9(7-11)8-13/h9H,3-8,11H2,1-2H3. The fourth-order valence-electron chi connectivity index (χ4n) is 1.60. The number of nitrogens with two attached hydrogens (primary N) is 1. The zero-order chi connectivity index (χ0) is 11.3. The second-order valence-electron chi connectivity index (χ2n) is 4.07. The van der Waals surface area contributed by atoms with E-state index < -0.39 is 0 Å². The topological polar surface area (TPSA) is 58.8 Å². The summed E-state index contributed by atoms with van der Waals surface area (Å²) < 4.78 is 5.45. The zero-order valence-corrected chi connectivity index (χ0v) is 9.61. The molecule has 88 valence electrons. The Bertz CT molecular complexity index is 209. The maximum absolute atomic E-state index is 11.4. The first-order chi connectivity index (χ1) is 7.13. The lowest BCUT2D eigenvalue weighted by molar-refractivity contribution is -0.129. The Balaban J connectivity index is 2.23. The third-order valence-corrected chi connectivity index (χ3v) is 2.63. The van der Waals surface area contributed by atoms with Gasteiger partial charge in [-0.15, -0.1) is 0 Å². The summed E-state index contributed by atoms with van der Waals surface area (Å²) in [5.74, 6) is 0.172. The number of rotatable bonds is 4. The van der Waals surface area contributed by atoms with Gasteiger partial charge in [-0.05, 0) is 0 Å². The zero-order valence-electron chi connectivity index (χ0n) is 9.61. The van der Waals surface area contributed by atoms with Crippen molar-refractivity contribution < 1.29 is 9.53 Å². The molecule has 1 fully saturated rings. The first kappa shape index (κ1) is 12.4. The van der Waals surface area contributed by atoms with E-state index in [9.17, 15) is 4.79 Å². The smallest absolute Gasteiger partial charge is 0.223 e. The minimum absolute atomic E-state index is 0.133. The van der Waals surface area contributed by atoms with Gasteiger partial charge in [0.2, 0.25) is 5.91 Å². The van der Waals surface area contributed by atoms with Crippen LogP contribution in [-0.2, 0) is 9.53 Å². The fourth-order valence-corrected chi connectivity index (χ4v) is 1.60. The van der Waals surface area contributed by atoms with Crippen molar-refractivity contribution in [2.75, 3.05) is 46.9 Å². The molecular weight excluding hydrogens is 194 g/mol. The summed E-state index contributed by atoms with van der Waals surface area (Å²) in [6, 6.07) is 0. The lowest BCUT2D eigenvalue weighted by Gasteiger charge is -2.32. The highest BCUT2D eigenvalue weighted by atomic mass is 16.5. The van der Waals surface area contributed by atoms with Crippen LogP contribution in [0.15, 0.2) is 0 Å². The number of carbonyl (C=O) groups is 1. The minimum atomic E-state index is 0.133. The van der Waals surface area contributed by atoms with Gasteiger partial charge in [0.15, 0.2) is 0 Å². The molecule has 1 aliphatic heterocycles. The van der Waals surface area contributed by atoms with Gasteiger partial charge < -0.3 is 15.4 Å². The van der Waals surface area contributed by atoms with Crippen LogP contribution in [0.25, 0.3) is 0 Å². The van der Waals surface area contributed by atoms with Gasteiger partial charge in [-0.1, -0.05) is 0 Å². The number of carbonyl (C=O) groups excluding carboxylic acids is 1. The molecule has 0 aromatic carbocycles. The van der Waals surface area contributed by atoms with Crippen LogP contribution in [0.4, 0.5) is 0 Å². The maximum Gasteiger partial charge on any atom is 0.223 e. The molecule has 0 saturated carbocycles. The molecule has 5 heteroatoms. The Morgan fingerprint density at radius 1 is 1.60 bits per heavy atom. The lowest BCUT2D eigenvalue weighted by atomic mass is 10.2. The van der Waals surface area contributed by atoms with Crippen molar-refractivity contribution in [2.45, 2.75) is 12.5 Å². The molecule has 0 aromatic rings. The van der Waals surface area contributed by atoms with Crippen LogP contribution >= 0.6 is 0 Å². The number of hydrogen-bond acceptors (Lipinski definition) is 4. The van der Waals surface area contributed by atoms with Crippen LogP contribution in [0.2, 0.25) is 0 Å². The average Bonchev–Trinajstić information content (AvgIpc) is 2.26. The average molecular weight is 215 g/mol. The second-order valence-corrected chi connectivity index (χ2v) is 4.07. The SMILES string of the molecule is CN(C)C(=O)CCN1CCOC(CN)C1. The normalized spacial score (nSPS) is 22.7. The summed E-state index contributed by atoms with van der Waals surface area (Å²) in [6.45, 7) is 3.82. The predicted molar refractivity (Wildman–Crippen MR) is 58.5 cm³/mol. The van der Waals surface area contributed by atoms with E-state index in [-0.39, 0.29) is 12.0 Å². The largest absolute Gasteiger partial charge is 0.374 e. The monoisotopic (exact) mass is 215 g/mol. The molecule has 1 saturated heterocycles. The Labute approximate surface area is 91.2 Å². The number of amides is 1. The molecule has 1 unspecified atom stereocenters. The van der Waals surface area contributed by atoms with Crippen molar-refractivity contribution >= 4 is 5.91 Å². The first-order valence-corrected chi connectivity index (χ1v) is 5.37. The molecule has 0 aliphatic carbocycles. The third kappa shape index (κ3) is 4.15. The van der Waals surface area contributed by atoms with Gasteiger partial charge in [-0.3, -0.25) is 9.69 Å². The number of hydrogen-bond donors (Lipinski definition) is 1. The molecule has 2 N–H and O–H groups in total. The summed E-state index contributed by atoms with van der Waals surface area (Å²) in [6.07, 6.45) is 0.706. The molecule has 0 aromatic heterocycles. The van der Waals surface area contributed by atoms with E-state index in [1.165, 1.54) is 0 Å². The number of nitrogens with zero attached hydrogens (tertiary/aromatic N) is 2. The van der Waals surface area contributed by atoms with E-state index in [2.05, 4.69) is 4.90 Å². The van der Waals surface area contributed by atoms with Crippen molar-refractivity contribution in [2.24, 2.45) is 5.73 Å². The van der Waals surface area contributed by atoms with E-state index in [1.54, 1.807) is 19.0 Å². The molecule has 1 rings (SSSR count). The van der Waals surface area contributed by atoms with Crippen molar-refractivity contribution in [3.8, 4) is 0 Å². The summed E-state index contributed by atoms with van der Waals surface area (Å²) >= 11 is 0. The molecule has 15 heavy (non-hydrogen) atoms. The third-order valence-electron chi connectivity index (χ3n) is 2.63. The molecule has 1 amide bonds.